The number of carbonyl (C=O) groups is 1. The van der Waals surface area contributed by atoms with Gasteiger partial charge in [0.15, 0.2) is 0 Å². The highest BCUT2D eigenvalue weighted by molar-refractivity contribution is 5.70. The summed E-state index contributed by atoms with van der Waals surface area (Å²) in [4.78, 5) is 12.5. The zero-order valence-corrected chi connectivity index (χ0v) is 20.0. The number of unbranched alkanes of at least 4 members (excludes halogenated alkanes) is 7. The van der Waals surface area contributed by atoms with Crippen molar-refractivity contribution in [3.05, 3.63) is 29.8 Å². The summed E-state index contributed by atoms with van der Waals surface area (Å²) in [5, 5.41) is 3.05. The summed E-state index contributed by atoms with van der Waals surface area (Å²) in [5.74, 6) is 0.715. The molecule has 2 rings (SSSR count). The summed E-state index contributed by atoms with van der Waals surface area (Å²) in [5.41, 5.74) is 1.67. The molecule has 3 heteroatoms. The fraction of sp³-hybridized carbons (Fsp3) is 0.741. The van der Waals surface area contributed by atoms with Crippen LogP contribution in [0.3, 0.4) is 0 Å². The van der Waals surface area contributed by atoms with Crippen molar-refractivity contribution >= 4 is 6.09 Å². The summed E-state index contributed by atoms with van der Waals surface area (Å²) < 4.78 is 5.71. The molecular weight excluding hydrogens is 370 g/mol. The van der Waals surface area contributed by atoms with Gasteiger partial charge in [0.1, 0.15) is 5.75 Å². The number of amides is 1. The molecule has 1 amide bonds. The highest BCUT2D eigenvalue weighted by Gasteiger charge is 2.36. The van der Waals surface area contributed by atoms with Crippen LogP contribution in [0.4, 0.5) is 4.79 Å². The van der Waals surface area contributed by atoms with Crippen molar-refractivity contribution in [2.75, 3.05) is 6.54 Å². The molecule has 1 saturated carbocycles. The molecule has 0 heterocycles. The van der Waals surface area contributed by atoms with E-state index in [0.29, 0.717) is 17.7 Å². The maximum absolute atomic E-state index is 12.5. The molecule has 0 radical (unpaired) electrons. The fourth-order valence-corrected chi connectivity index (χ4v) is 5.16. The molecule has 1 aliphatic carbocycles. The first-order valence-corrected chi connectivity index (χ1v) is 12.4. The van der Waals surface area contributed by atoms with Gasteiger partial charge < -0.3 is 10.1 Å². The van der Waals surface area contributed by atoms with E-state index in [1.165, 1.54) is 64.2 Å². The van der Waals surface area contributed by atoms with Crippen LogP contribution >= 0.6 is 0 Å². The van der Waals surface area contributed by atoms with Crippen molar-refractivity contribution in [3.8, 4) is 5.75 Å². The number of para-hydroxylation sites is 1. The fourth-order valence-electron chi connectivity index (χ4n) is 5.16. The Morgan fingerprint density at radius 2 is 1.63 bits per heavy atom. The van der Waals surface area contributed by atoms with Crippen molar-refractivity contribution in [2.24, 2.45) is 10.8 Å². The second-order valence-electron chi connectivity index (χ2n) is 10.6. The number of aryl methyl sites for hydroxylation is 1. The van der Waals surface area contributed by atoms with Gasteiger partial charge in [-0.25, -0.2) is 4.79 Å². The van der Waals surface area contributed by atoms with Gasteiger partial charge in [0, 0.05) is 6.54 Å². The van der Waals surface area contributed by atoms with E-state index < -0.39 is 0 Å². The van der Waals surface area contributed by atoms with E-state index in [-0.39, 0.29) is 11.5 Å². The van der Waals surface area contributed by atoms with Gasteiger partial charge in [-0.2, -0.15) is 0 Å². The van der Waals surface area contributed by atoms with Gasteiger partial charge in [0.25, 0.3) is 0 Å². The van der Waals surface area contributed by atoms with E-state index in [9.17, 15) is 4.79 Å². The second-order valence-corrected chi connectivity index (χ2v) is 10.6. The van der Waals surface area contributed by atoms with Crippen molar-refractivity contribution in [3.63, 3.8) is 0 Å². The van der Waals surface area contributed by atoms with Crippen molar-refractivity contribution < 1.29 is 9.53 Å². The van der Waals surface area contributed by atoms with Crippen molar-refractivity contribution in [1.29, 1.82) is 0 Å². The first kappa shape index (κ1) is 24.8. The van der Waals surface area contributed by atoms with Crippen LogP contribution in [-0.4, -0.2) is 12.6 Å². The van der Waals surface area contributed by atoms with Crippen LogP contribution in [0, 0.1) is 10.8 Å². The van der Waals surface area contributed by atoms with Crippen LogP contribution < -0.4 is 10.1 Å². The lowest BCUT2D eigenvalue weighted by atomic mass is 9.64. The molecule has 0 aliphatic heterocycles. The van der Waals surface area contributed by atoms with Gasteiger partial charge in [0.2, 0.25) is 0 Å². The molecule has 0 saturated heterocycles. The number of rotatable bonds is 12. The second kappa shape index (κ2) is 12.4. The third-order valence-corrected chi connectivity index (χ3v) is 6.67. The average Bonchev–Trinajstić information content (AvgIpc) is 2.69. The SMILES string of the molecule is CCCCCCCCCCc1ccccc1OC(=O)NCC1(C)CCCC(C)(C)C1. The zero-order chi connectivity index (χ0) is 21.9. The van der Waals surface area contributed by atoms with Gasteiger partial charge >= 0.3 is 6.09 Å². The van der Waals surface area contributed by atoms with Gasteiger partial charge in [-0.1, -0.05) is 97.3 Å². The predicted octanol–water partition coefficient (Wildman–Crippen LogP) is 8.06. The number of nitrogens with one attached hydrogen (secondary N) is 1. The quantitative estimate of drug-likeness (QED) is 0.350. The molecule has 170 valence electrons. The molecule has 1 aromatic rings. The number of hydrogen-bond acceptors (Lipinski definition) is 2. The molecule has 1 fully saturated rings. The van der Waals surface area contributed by atoms with E-state index >= 15 is 0 Å². The third kappa shape index (κ3) is 9.10. The first-order chi connectivity index (χ1) is 14.3. The van der Waals surface area contributed by atoms with Crippen LogP contribution in [0.25, 0.3) is 0 Å². The zero-order valence-electron chi connectivity index (χ0n) is 20.0. The summed E-state index contributed by atoms with van der Waals surface area (Å²) in [6.07, 6.45) is 16.0. The van der Waals surface area contributed by atoms with Crippen LogP contribution in [0.1, 0.15) is 110 Å². The summed E-state index contributed by atoms with van der Waals surface area (Å²) in [7, 11) is 0. The molecule has 0 aromatic heterocycles. The number of benzene rings is 1. The Bertz CT molecular complexity index is 640. The Morgan fingerprint density at radius 3 is 2.33 bits per heavy atom. The first-order valence-electron chi connectivity index (χ1n) is 12.4. The smallest absolute Gasteiger partial charge is 0.410 e. The van der Waals surface area contributed by atoms with Crippen LogP contribution in [0.5, 0.6) is 5.75 Å². The number of carbonyl (C=O) groups excluding carboxylic acids is 1. The molecule has 1 N–H and O–H groups in total. The molecule has 3 nitrogen and oxygen atoms in total. The molecule has 1 unspecified atom stereocenters. The van der Waals surface area contributed by atoms with E-state index in [0.717, 1.165) is 24.8 Å². The standard InChI is InChI=1S/C27H45NO2/c1-5-6-7-8-9-10-11-12-16-23-17-13-14-18-24(23)30-25(29)28-22-27(4)20-15-19-26(2,3)21-27/h13-14,17-18H,5-12,15-16,19-22H2,1-4H3,(H,28,29). The minimum absolute atomic E-state index is 0.164. The highest BCUT2D eigenvalue weighted by atomic mass is 16.6. The van der Waals surface area contributed by atoms with Crippen LogP contribution in [0.2, 0.25) is 0 Å². The minimum Gasteiger partial charge on any atom is -0.410 e. The third-order valence-electron chi connectivity index (χ3n) is 6.67. The lowest BCUT2D eigenvalue weighted by Crippen LogP contribution is -2.41. The normalized spacial score (nSPS) is 20.7. The lowest BCUT2D eigenvalue weighted by molar-refractivity contribution is 0.0969. The van der Waals surface area contributed by atoms with E-state index in [1.807, 2.05) is 18.2 Å². The number of hydrogen-bond donors (Lipinski definition) is 1. The largest absolute Gasteiger partial charge is 0.412 e. The van der Waals surface area contributed by atoms with Crippen molar-refractivity contribution in [2.45, 2.75) is 111 Å². The molecule has 1 aromatic carbocycles. The Kier molecular flexibility index (Phi) is 10.2. The monoisotopic (exact) mass is 415 g/mol. The highest BCUT2D eigenvalue weighted by Crippen LogP contribution is 2.45. The molecule has 1 aliphatic rings. The van der Waals surface area contributed by atoms with E-state index in [2.05, 4.69) is 39.1 Å². The Morgan fingerprint density at radius 1 is 0.967 bits per heavy atom. The van der Waals surface area contributed by atoms with E-state index in [4.69, 9.17) is 4.74 Å². The Balaban J connectivity index is 1.73. The van der Waals surface area contributed by atoms with Crippen LogP contribution in [0.15, 0.2) is 24.3 Å². The van der Waals surface area contributed by atoms with Crippen LogP contribution in [-0.2, 0) is 6.42 Å². The maximum Gasteiger partial charge on any atom is 0.412 e. The van der Waals surface area contributed by atoms with E-state index in [1.54, 1.807) is 0 Å². The average molecular weight is 416 g/mol. The maximum atomic E-state index is 12.5. The Hall–Kier alpha value is -1.51. The predicted molar refractivity (Wildman–Crippen MR) is 127 cm³/mol. The van der Waals surface area contributed by atoms with Gasteiger partial charge in [-0.05, 0) is 54.6 Å². The summed E-state index contributed by atoms with van der Waals surface area (Å²) >= 11 is 0. The summed E-state index contributed by atoms with van der Waals surface area (Å²) in [6.45, 7) is 9.92. The number of ether oxygens (including phenoxy) is 1. The van der Waals surface area contributed by atoms with Crippen molar-refractivity contribution in [1.82, 2.24) is 5.32 Å². The topological polar surface area (TPSA) is 38.3 Å². The molecule has 0 spiro atoms. The van der Waals surface area contributed by atoms with Gasteiger partial charge in [-0.3, -0.25) is 0 Å². The minimum atomic E-state index is -0.317. The Labute approximate surface area is 185 Å². The molecule has 0 bridgehead atoms. The molecular formula is C27H45NO2. The van der Waals surface area contributed by atoms with Gasteiger partial charge in [0.05, 0.1) is 0 Å². The molecule has 30 heavy (non-hydrogen) atoms. The lowest BCUT2D eigenvalue weighted by Gasteiger charge is -2.42. The molecule has 1 atom stereocenters. The summed E-state index contributed by atoms with van der Waals surface area (Å²) in [6, 6.07) is 8.00. The van der Waals surface area contributed by atoms with Gasteiger partial charge in [-0.15, -0.1) is 0 Å².